The molecule has 1 amide bonds. The van der Waals surface area contributed by atoms with Gasteiger partial charge in [0.1, 0.15) is 6.54 Å². The number of rotatable bonds is 7. The molecule has 2 N–H and O–H groups in total. The van der Waals surface area contributed by atoms with Gasteiger partial charge >= 0.3 is 5.97 Å². The van der Waals surface area contributed by atoms with Crippen molar-refractivity contribution in [3.05, 3.63) is 54.4 Å². The number of carbonyl (C=O) groups is 2. The molecule has 2 unspecified atom stereocenters. The summed E-state index contributed by atoms with van der Waals surface area (Å²) in [6.07, 6.45) is 9.11. The number of amides is 1. The molecular weight excluding hydrogens is 432 g/mol. The summed E-state index contributed by atoms with van der Waals surface area (Å²) in [5.41, 5.74) is -1.05. The molecule has 2 fully saturated rings. The zero-order valence-corrected chi connectivity index (χ0v) is 19.9. The average molecular weight is 468 g/mol. The van der Waals surface area contributed by atoms with Gasteiger partial charge in [0.05, 0.1) is 13.6 Å². The molecule has 0 bridgehead atoms. The van der Waals surface area contributed by atoms with Crippen molar-refractivity contribution in [3.8, 4) is 0 Å². The number of quaternary nitrogens is 1. The van der Waals surface area contributed by atoms with Crippen LogP contribution >= 0.6 is 0 Å². The molecule has 8 nitrogen and oxygen atoms in total. The number of nitrogens with one attached hydrogen (secondary N) is 1. The minimum absolute atomic E-state index is 0.155. The Bertz CT molecular complexity index is 967. The molecule has 1 aliphatic heterocycles. The van der Waals surface area contributed by atoms with E-state index in [1.165, 1.54) is 0 Å². The molecule has 2 aliphatic rings. The van der Waals surface area contributed by atoms with Gasteiger partial charge < -0.3 is 14.3 Å². The van der Waals surface area contributed by atoms with Crippen molar-refractivity contribution in [2.45, 2.75) is 56.7 Å². The number of likely N-dealkylation sites (N-methyl/N-ethyl adjacent to an activating group) is 1. The van der Waals surface area contributed by atoms with Crippen LogP contribution in [0.5, 0.6) is 0 Å². The number of carbonyl (C=O) groups excluding carboxylic acids is 2. The van der Waals surface area contributed by atoms with Crippen molar-refractivity contribution in [3.63, 3.8) is 0 Å². The number of aliphatic hydroxyl groups is 1. The first kappa shape index (κ1) is 24.3. The lowest BCUT2D eigenvalue weighted by atomic mass is 9.73. The number of likely N-dealkylation sites (tertiary alicyclic amines) is 1. The van der Waals surface area contributed by atoms with E-state index in [-0.39, 0.29) is 30.4 Å². The van der Waals surface area contributed by atoms with Crippen molar-refractivity contribution in [1.82, 2.24) is 9.97 Å². The molecule has 0 spiro atoms. The van der Waals surface area contributed by atoms with Crippen LogP contribution in [0, 0.1) is 5.92 Å². The van der Waals surface area contributed by atoms with Gasteiger partial charge in [-0.15, -0.1) is 0 Å². The zero-order valence-electron chi connectivity index (χ0n) is 19.9. The monoisotopic (exact) mass is 467 g/mol. The molecule has 1 aromatic heterocycles. The molecule has 0 radical (unpaired) electrons. The number of hydrogen-bond acceptors (Lipinski definition) is 6. The molecule has 8 heteroatoms. The van der Waals surface area contributed by atoms with E-state index in [4.69, 9.17) is 4.74 Å². The fourth-order valence-corrected chi connectivity index (χ4v) is 5.46. The molecular formula is C26H35N4O4+. The fraction of sp³-hybridized carbons (Fsp3) is 0.538. The maximum Gasteiger partial charge on any atom is 0.343 e. The summed E-state index contributed by atoms with van der Waals surface area (Å²) in [6, 6.07) is 10.9. The highest BCUT2D eigenvalue weighted by Crippen LogP contribution is 2.41. The Morgan fingerprint density at radius 1 is 1.06 bits per heavy atom. The van der Waals surface area contributed by atoms with Gasteiger partial charge in [0.2, 0.25) is 5.95 Å². The van der Waals surface area contributed by atoms with Gasteiger partial charge in [0.15, 0.2) is 18.2 Å². The van der Waals surface area contributed by atoms with Crippen LogP contribution in [0.25, 0.3) is 0 Å². The van der Waals surface area contributed by atoms with Crippen molar-refractivity contribution < 1.29 is 23.9 Å². The normalized spacial score (nSPS) is 25.2. The third kappa shape index (κ3) is 5.62. The zero-order chi connectivity index (χ0) is 24.0. The van der Waals surface area contributed by atoms with Crippen LogP contribution in [-0.2, 0) is 19.9 Å². The number of aromatic nitrogens is 2. The van der Waals surface area contributed by atoms with Crippen molar-refractivity contribution in [2.75, 3.05) is 32.0 Å². The molecule has 34 heavy (non-hydrogen) atoms. The second kappa shape index (κ2) is 10.6. The number of piperidine rings is 1. The predicted octanol–water partition coefficient (Wildman–Crippen LogP) is 3.04. The minimum atomic E-state index is -1.65. The highest BCUT2D eigenvalue weighted by atomic mass is 16.6. The highest BCUT2D eigenvalue weighted by molar-refractivity contribution is 5.89. The van der Waals surface area contributed by atoms with E-state index >= 15 is 0 Å². The lowest BCUT2D eigenvalue weighted by Crippen LogP contribution is -2.57. The molecule has 2 aromatic rings. The molecule has 1 saturated carbocycles. The van der Waals surface area contributed by atoms with Crippen LogP contribution in [0.15, 0.2) is 48.8 Å². The van der Waals surface area contributed by atoms with Gasteiger partial charge in [-0.1, -0.05) is 49.6 Å². The standard InChI is InChI=1S/C26H34N4O4/c1-30(19-23(31)29-25-27-15-9-16-28-25)17-8-14-22(18-30)34-24(32)26(33,20-10-4-2-5-11-20)21-12-6-3-7-13-21/h2,4-5,9-11,15-16,21-22,33H,3,6-8,12-14,17-19H2,1H3/p+1/t22?,26?,30-/m1/s1. The van der Waals surface area contributed by atoms with Crippen molar-refractivity contribution in [2.24, 2.45) is 5.92 Å². The van der Waals surface area contributed by atoms with Crippen molar-refractivity contribution >= 4 is 17.8 Å². The van der Waals surface area contributed by atoms with E-state index < -0.39 is 11.6 Å². The summed E-state index contributed by atoms with van der Waals surface area (Å²) in [5, 5.41) is 14.5. The van der Waals surface area contributed by atoms with Crippen LogP contribution < -0.4 is 5.32 Å². The van der Waals surface area contributed by atoms with E-state index in [2.05, 4.69) is 15.3 Å². The first-order valence-electron chi connectivity index (χ1n) is 12.3. The number of benzene rings is 1. The summed E-state index contributed by atoms with van der Waals surface area (Å²) in [7, 11) is 2.00. The summed E-state index contributed by atoms with van der Waals surface area (Å²) in [6.45, 7) is 1.56. The number of hydrogen-bond donors (Lipinski definition) is 2. The van der Waals surface area contributed by atoms with Gasteiger partial charge in [0, 0.05) is 24.7 Å². The quantitative estimate of drug-likeness (QED) is 0.479. The summed E-state index contributed by atoms with van der Waals surface area (Å²) in [4.78, 5) is 34.2. The molecule has 1 aromatic carbocycles. The lowest BCUT2D eigenvalue weighted by molar-refractivity contribution is -0.909. The Hall–Kier alpha value is -2.84. The molecule has 1 saturated heterocycles. The summed E-state index contributed by atoms with van der Waals surface area (Å²) >= 11 is 0. The van der Waals surface area contributed by atoms with E-state index in [0.717, 1.165) is 51.5 Å². The van der Waals surface area contributed by atoms with E-state index in [0.29, 0.717) is 16.6 Å². The highest BCUT2D eigenvalue weighted by Gasteiger charge is 2.48. The number of anilines is 1. The van der Waals surface area contributed by atoms with Crippen LogP contribution in [-0.4, -0.2) is 64.2 Å². The number of nitrogens with zero attached hydrogens (tertiary/aromatic N) is 3. The minimum Gasteiger partial charge on any atom is -0.454 e. The van der Waals surface area contributed by atoms with E-state index in [1.54, 1.807) is 18.5 Å². The Balaban J connectivity index is 1.44. The molecule has 182 valence electrons. The maximum absolute atomic E-state index is 13.5. The average Bonchev–Trinajstić information content (AvgIpc) is 2.85. The Morgan fingerprint density at radius 2 is 1.76 bits per heavy atom. The topological polar surface area (TPSA) is 101 Å². The first-order valence-corrected chi connectivity index (χ1v) is 12.3. The van der Waals surface area contributed by atoms with Gasteiger partial charge in [-0.2, -0.15) is 0 Å². The largest absolute Gasteiger partial charge is 0.454 e. The fourth-order valence-electron chi connectivity index (χ4n) is 5.46. The van der Waals surface area contributed by atoms with Gasteiger partial charge in [-0.3, -0.25) is 10.1 Å². The SMILES string of the molecule is C[N@@+]1(CC(=O)Nc2ncccn2)CCCC(OC(=O)C(O)(c2ccccc2)C2CCCCC2)C1. The predicted molar refractivity (Wildman–Crippen MR) is 127 cm³/mol. The van der Waals surface area contributed by atoms with Crippen molar-refractivity contribution in [1.29, 1.82) is 0 Å². The molecule has 1 aliphatic carbocycles. The maximum atomic E-state index is 13.5. The smallest absolute Gasteiger partial charge is 0.343 e. The lowest BCUT2D eigenvalue weighted by Gasteiger charge is -2.42. The second-order valence-corrected chi connectivity index (χ2v) is 9.94. The van der Waals surface area contributed by atoms with E-state index in [9.17, 15) is 14.7 Å². The third-order valence-electron chi connectivity index (χ3n) is 7.21. The number of ether oxygens (including phenoxy) is 1. The van der Waals surface area contributed by atoms with Crippen LogP contribution in [0.4, 0.5) is 5.95 Å². The Labute approximate surface area is 201 Å². The third-order valence-corrected chi connectivity index (χ3v) is 7.21. The van der Waals surface area contributed by atoms with Gasteiger partial charge in [0.25, 0.3) is 5.91 Å². The second-order valence-electron chi connectivity index (χ2n) is 9.94. The van der Waals surface area contributed by atoms with Gasteiger partial charge in [-0.25, -0.2) is 14.8 Å². The van der Waals surface area contributed by atoms with E-state index in [1.807, 2.05) is 37.4 Å². The first-order chi connectivity index (χ1) is 16.4. The van der Waals surface area contributed by atoms with Crippen LogP contribution in [0.2, 0.25) is 0 Å². The van der Waals surface area contributed by atoms with Crippen LogP contribution in [0.1, 0.15) is 50.5 Å². The number of esters is 1. The molecule has 3 atom stereocenters. The molecule has 4 rings (SSSR count). The summed E-state index contributed by atoms with van der Waals surface area (Å²) in [5.74, 6) is -0.619. The summed E-state index contributed by atoms with van der Waals surface area (Å²) < 4.78 is 6.45. The molecule has 2 heterocycles. The van der Waals surface area contributed by atoms with Crippen LogP contribution in [0.3, 0.4) is 0 Å². The Morgan fingerprint density at radius 3 is 2.47 bits per heavy atom. The Kier molecular flexibility index (Phi) is 7.58. The van der Waals surface area contributed by atoms with Gasteiger partial charge in [-0.05, 0) is 30.9 Å².